The summed E-state index contributed by atoms with van der Waals surface area (Å²) in [5.41, 5.74) is 2.97. The van der Waals surface area contributed by atoms with Gasteiger partial charge in [0, 0.05) is 29.4 Å². The monoisotopic (exact) mass is 376 g/mol. The first-order valence-corrected chi connectivity index (χ1v) is 8.80. The number of amides is 1. The third-order valence-electron chi connectivity index (χ3n) is 3.99. The molecular formula is C22H20N2O4. The molecule has 0 aliphatic heterocycles. The Balaban J connectivity index is 1.46. The van der Waals surface area contributed by atoms with Crippen LogP contribution in [0.1, 0.15) is 28.0 Å². The predicted molar refractivity (Wildman–Crippen MR) is 106 cm³/mol. The molecule has 6 nitrogen and oxygen atoms in total. The number of carbonyl (C=O) groups is 2. The molecule has 28 heavy (non-hydrogen) atoms. The van der Waals surface area contributed by atoms with E-state index in [1.165, 1.54) is 7.11 Å². The van der Waals surface area contributed by atoms with Crippen LogP contribution in [0.25, 0.3) is 10.9 Å². The third-order valence-corrected chi connectivity index (χ3v) is 3.99. The number of ether oxygens (including phenoxy) is 2. The number of aromatic nitrogens is 1. The first-order valence-electron chi connectivity index (χ1n) is 8.80. The number of hydrogen-bond acceptors (Lipinski definition) is 4. The molecule has 0 radical (unpaired) electrons. The molecule has 1 aromatic heterocycles. The Bertz CT molecular complexity index is 1030. The second kappa shape index (κ2) is 9.28. The Kier molecular flexibility index (Phi) is 6.32. The maximum absolute atomic E-state index is 11.7. The predicted octanol–water partition coefficient (Wildman–Crippen LogP) is 3.62. The highest BCUT2D eigenvalue weighted by Crippen LogP contribution is 2.17. The summed E-state index contributed by atoms with van der Waals surface area (Å²) in [5, 5.41) is 3.58. The SMILES string of the molecule is COC(=O)c1cc2ccc(C#CCCNC(=O)OCc3ccccc3)cc2[nH]1. The van der Waals surface area contributed by atoms with Crippen LogP contribution in [0.3, 0.4) is 0 Å². The number of hydrogen-bond donors (Lipinski definition) is 2. The minimum atomic E-state index is -0.464. The molecule has 0 aliphatic rings. The highest BCUT2D eigenvalue weighted by Gasteiger charge is 2.09. The minimum absolute atomic E-state index is 0.238. The molecule has 2 N–H and O–H groups in total. The first kappa shape index (κ1) is 19.1. The average Bonchev–Trinajstić information content (AvgIpc) is 3.15. The Hall–Kier alpha value is -3.72. The van der Waals surface area contributed by atoms with Gasteiger partial charge in [-0.3, -0.25) is 0 Å². The van der Waals surface area contributed by atoms with E-state index in [1.54, 1.807) is 6.07 Å². The van der Waals surface area contributed by atoms with Gasteiger partial charge in [0.15, 0.2) is 0 Å². The van der Waals surface area contributed by atoms with Crippen molar-refractivity contribution in [3.05, 3.63) is 71.4 Å². The van der Waals surface area contributed by atoms with E-state index < -0.39 is 12.1 Å². The van der Waals surface area contributed by atoms with Crippen molar-refractivity contribution in [2.45, 2.75) is 13.0 Å². The molecule has 142 valence electrons. The summed E-state index contributed by atoms with van der Waals surface area (Å²) in [5.74, 6) is 5.64. The summed E-state index contributed by atoms with van der Waals surface area (Å²) in [6.45, 7) is 0.639. The summed E-state index contributed by atoms with van der Waals surface area (Å²) in [4.78, 5) is 26.2. The Labute approximate surface area is 162 Å². The van der Waals surface area contributed by atoms with Gasteiger partial charge in [0.1, 0.15) is 12.3 Å². The van der Waals surface area contributed by atoms with Crippen molar-refractivity contribution in [2.75, 3.05) is 13.7 Å². The van der Waals surface area contributed by atoms with Crippen molar-refractivity contribution in [3.8, 4) is 11.8 Å². The van der Waals surface area contributed by atoms with Gasteiger partial charge < -0.3 is 19.8 Å². The molecule has 2 aromatic carbocycles. The average molecular weight is 376 g/mol. The number of carbonyl (C=O) groups excluding carboxylic acids is 2. The minimum Gasteiger partial charge on any atom is -0.464 e. The van der Waals surface area contributed by atoms with Crippen LogP contribution < -0.4 is 5.32 Å². The lowest BCUT2D eigenvalue weighted by atomic mass is 10.1. The molecular weight excluding hydrogens is 356 g/mol. The Morgan fingerprint density at radius 1 is 1.11 bits per heavy atom. The maximum atomic E-state index is 11.7. The second-order valence-corrected chi connectivity index (χ2v) is 6.02. The van der Waals surface area contributed by atoms with Gasteiger partial charge in [-0.25, -0.2) is 9.59 Å². The summed E-state index contributed by atoms with van der Waals surface area (Å²) >= 11 is 0. The van der Waals surface area contributed by atoms with E-state index in [9.17, 15) is 9.59 Å². The van der Waals surface area contributed by atoms with Crippen molar-refractivity contribution < 1.29 is 19.1 Å². The number of aromatic amines is 1. The third kappa shape index (κ3) is 5.15. The van der Waals surface area contributed by atoms with Gasteiger partial charge in [-0.05, 0) is 23.8 Å². The summed E-state index contributed by atoms with van der Waals surface area (Å²) in [7, 11) is 1.34. The Morgan fingerprint density at radius 3 is 2.71 bits per heavy atom. The highest BCUT2D eigenvalue weighted by molar-refractivity contribution is 5.95. The van der Waals surface area contributed by atoms with E-state index in [-0.39, 0.29) is 6.61 Å². The fourth-order valence-electron chi connectivity index (χ4n) is 2.59. The van der Waals surface area contributed by atoms with E-state index in [1.807, 2.05) is 48.5 Å². The smallest absolute Gasteiger partial charge is 0.407 e. The number of H-pyrrole nitrogens is 1. The second-order valence-electron chi connectivity index (χ2n) is 6.02. The van der Waals surface area contributed by atoms with Crippen LogP contribution in [0.2, 0.25) is 0 Å². The number of methoxy groups -OCH3 is 1. The van der Waals surface area contributed by atoms with Gasteiger partial charge in [0.05, 0.1) is 7.11 Å². The van der Waals surface area contributed by atoms with Gasteiger partial charge in [-0.1, -0.05) is 48.2 Å². The van der Waals surface area contributed by atoms with E-state index >= 15 is 0 Å². The number of esters is 1. The topological polar surface area (TPSA) is 80.4 Å². The zero-order valence-electron chi connectivity index (χ0n) is 15.5. The highest BCUT2D eigenvalue weighted by atomic mass is 16.5. The standard InChI is InChI=1S/C22H20N2O4/c1-27-21(25)20-14-18-11-10-16(13-19(18)24-20)7-5-6-12-23-22(26)28-15-17-8-3-2-4-9-17/h2-4,8-11,13-14,24H,6,12,15H2,1H3,(H,23,26). The zero-order valence-corrected chi connectivity index (χ0v) is 15.5. The maximum Gasteiger partial charge on any atom is 0.407 e. The molecule has 3 aromatic rings. The first-order chi connectivity index (χ1) is 13.7. The van der Waals surface area contributed by atoms with Gasteiger partial charge >= 0.3 is 12.1 Å². The van der Waals surface area contributed by atoms with E-state index in [0.717, 1.165) is 22.0 Å². The van der Waals surface area contributed by atoms with Crippen LogP contribution in [-0.4, -0.2) is 30.7 Å². The molecule has 0 unspecified atom stereocenters. The fourth-order valence-corrected chi connectivity index (χ4v) is 2.59. The van der Waals surface area contributed by atoms with Crippen molar-refractivity contribution in [3.63, 3.8) is 0 Å². The molecule has 0 bridgehead atoms. The van der Waals surface area contributed by atoms with Gasteiger partial charge in [-0.2, -0.15) is 0 Å². The van der Waals surface area contributed by atoms with Crippen molar-refractivity contribution in [1.82, 2.24) is 10.3 Å². The summed E-state index contributed by atoms with van der Waals surface area (Å²) in [6.07, 6.45) is 0.0326. The Morgan fingerprint density at radius 2 is 1.93 bits per heavy atom. The molecule has 1 amide bonds. The number of benzene rings is 2. The van der Waals surface area contributed by atoms with E-state index in [2.05, 4.69) is 22.1 Å². The molecule has 0 saturated heterocycles. The molecule has 1 heterocycles. The van der Waals surface area contributed by atoms with Crippen molar-refractivity contribution in [1.29, 1.82) is 0 Å². The van der Waals surface area contributed by atoms with Crippen LogP contribution in [0.5, 0.6) is 0 Å². The fraction of sp³-hybridized carbons (Fsp3) is 0.182. The molecule has 3 rings (SSSR count). The van der Waals surface area contributed by atoms with E-state index in [4.69, 9.17) is 9.47 Å². The molecule has 0 saturated carbocycles. The molecule has 0 aliphatic carbocycles. The largest absolute Gasteiger partial charge is 0.464 e. The van der Waals surface area contributed by atoms with Gasteiger partial charge in [-0.15, -0.1) is 0 Å². The van der Waals surface area contributed by atoms with E-state index in [0.29, 0.717) is 18.7 Å². The quantitative estimate of drug-likeness (QED) is 0.405. The lowest BCUT2D eigenvalue weighted by molar-refractivity contribution is 0.0595. The van der Waals surface area contributed by atoms with Crippen LogP contribution in [0, 0.1) is 11.8 Å². The number of nitrogens with one attached hydrogen (secondary N) is 2. The lowest BCUT2D eigenvalue weighted by Gasteiger charge is -2.05. The van der Waals surface area contributed by atoms with Crippen LogP contribution in [0.15, 0.2) is 54.6 Å². The normalized spacial score (nSPS) is 10.0. The van der Waals surface area contributed by atoms with Crippen molar-refractivity contribution >= 4 is 23.0 Å². The number of alkyl carbamates (subject to hydrolysis) is 1. The molecule has 6 heteroatoms. The molecule has 0 spiro atoms. The van der Waals surface area contributed by atoms with Gasteiger partial charge in [0.2, 0.25) is 0 Å². The molecule has 0 fully saturated rings. The summed E-state index contributed by atoms with van der Waals surface area (Å²) < 4.78 is 9.84. The van der Waals surface area contributed by atoms with Crippen LogP contribution in [0.4, 0.5) is 4.79 Å². The van der Waals surface area contributed by atoms with Crippen LogP contribution in [-0.2, 0) is 16.1 Å². The number of rotatable bonds is 5. The lowest BCUT2D eigenvalue weighted by Crippen LogP contribution is -2.24. The zero-order chi connectivity index (χ0) is 19.8. The van der Waals surface area contributed by atoms with Crippen LogP contribution >= 0.6 is 0 Å². The van der Waals surface area contributed by atoms with Gasteiger partial charge in [0.25, 0.3) is 0 Å². The van der Waals surface area contributed by atoms with Crippen molar-refractivity contribution in [2.24, 2.45) is 0 Å². The number of fused-ring (bicyclic) bond motifs is 1. The summed E-state index contributed by atoms with van der Waals surface area (Å²) in [6, 6.07) is 16.9. The molecule has 0 atom stereocenters.